The van der Waals surface area contributed by atoms with Gasteiger partial charge in [-0.1, -0.05) is 0 Å². The minimum Gasteiger partial charge on any atom is -0.461 e. The van der Waals surface area contributed by atoms with Gasteiger partial charge in [0, 0.05) is 0 Å². The standard InChI is InChI=1S/C10H3BrFNO2/c11-8-2-6(12)1-7-9(14)5(3-13)4-15-10(7)8/h1-2,4H. The Morgan fingerprint density at radius 3 is 2.87 bits per heavy atom. The van der Waals surface area contributed by atoms with E-state index >= 15 is 0 Å². The van der Waals surface area contributed by atoms with Crippen molar-refractivity contribution >= 4 is 26.9 Å². The van der Waals surface area contributed by atoms with Crippen LogP contribution in [0.3, 0.4) is 0 Å². The molecule has 0 bridgehead atoms. The molecule has 0 saturated heterocycles. The van der Waals surface area contributed by atoms with E-state index in [1.165, 1.54) is 6.07 Å². The second-order valence-electron chi connectivity index (χ2n) is 2.85. The predicted molar refractivity (Wildman–Crippen MR) is 54.9 cm³/mol. The second kappa shape index (κ2) is 3.48. The SMILES string of the molecule is N#Cc1coc2c(Br)cc(F)cc2c1=O. The van der Waals surface area contributed by atoms with Crippen molar-refractivity contribution in [3.63, 3.8) is 0 Å². The zero-order valence-electron chi connectivity index (χ0n) is 7.25. The Hall–Kier alpha value is -1.67. The molecule has 1 heterocycles. The van der Waals surface area contributed by atoms with Gasteiger partial charge in [0.15, 0.2) is 5.58 Å². The second-order valence-corrected chi connectivity index (χ2v) is 3.71. The fourth-order valence-electron chi connectivity index (χ4n) is 1.24. The lowest BCUT2D eigenvalue weighted by molar-refractivity contribution is 0.592. The van der Waals surface area contributed by atoms with Gasteiger partial charge in [0.05, 0.1) is 9.86 Å². The van der Waals surface area contributed by atoms with E-state index in [2.05, 4.69) is 15.9 Å². The fraction of sp³-hybridized carbons (Fsp3) is 0. The van der Waals surface area contributed by atoms with Crippen LogP contribution in [0.5, 0.6) is 0 Å². The minimum atomic E-state index is -0.559. The van der Waals surface area contributed by atoms with E-state index in [1.807, 2.05) is 0 Å². The minimum absolute atomic E-state index is 0.0564. The quantitative estimate of drug-likeness (QED) is 0.737. The summed E-state index contributed by atoms with van der Waals surface area (Å²) < 4.78 is 18.4. The molecule has 0 radical (unpaired) electrons. The fourth-order valence-corrected chi connectivity index (χ4v) is 1.77. The topological polar surface area (TPSA) is 54.0 Å². The van der Waals surface area contributed by atoms with Gasteiger partial charge in [0.1, 0.15) is 23.7 Å². The Bertz CT molecular complexity index is 642. The zero-order valence-corrected chi connectivity index (χ0v) is 8.84. The Labute approximate surface area is 91.9 Å². The molecule has 5 heteroatoms. The first kappa shape index (κ1) is 9.87. The van der Waals surface area contributed by atoms with Crippen molar-refractivity contribution in [1.82, 2.24) is 0 Å². The highest BCUT2D eigenvalue weighted by atomic mass is 79.9. The molecule has 74 valence electrons. The Morgan fingerprint density at radius 2 is 2.20 bits per heavy atom. The highest BCUT2D eigenvalue weighted by molar-refractivity contribution is 9.10. The Balaban J connectivity index is 3.01. The first-order valence-electron chi connectivity index (χ1n) is 3.94. The summed E-state index contributed by atoms with van der Waals surface area (Å²) in [5, 5.41) is 8.66. The van der Waals surface area contributed by atoms with Crippen molar-refractivity contribution in [3.05, 3.63) is 44.5 Å². The molecule has 0 aliphatic rings. The largest absolute Gasteiger partial charge is 0.461 e. The molecule has 3 nitrogen and oxygen atoms in total. The average molecular weight is 268 g/mol. The van der Waals surface area contributed by atoms with Gasteiger partial charge in [-0.3, -0.25) is 4.79 Å². The van der Waals surface area contributed by atoms with Crippen LogP contribution >= 0.6 is 15.9 Å². The van der Waals surface area contributed by atoms with Crippen molar-refractivity contribution < 1.29 is 8.81 Å². The van der Waals surface area contributed by atoms with Crippen LogP contribution in [0.15, 0.2) is 32.1 Å². The molecule has 0 unspecified atom stereocenters. The van der Waals surface area contributed by atoms with Gasteiger partial charge in [0.25, 0.3) is 0 Å². The van der Waals surface area contributed by atoms with Crippen LogP contribution in [0.1, 0.15) is 5.56 Å². The third-order valence-electron chi connectivity index (χ3n) is 1.91. The summed E-state index contributed by atoms with van der Waals surface area (Å²) in [5.74, 6) is -0.559. The zero-order chi connectivity index (χ0) is 11.0. The maximum Gasteiger partial charge on any atom is 0.210 e. The summed E-state index contributed by atoms with van der Waals surface area (Å²) in [4.78, 5) is 11.6. The molecule has 0 saturated carbocycles. The third kappa shape index (κ3) is 1.53. The molecule has 0 spiro atoms. The van der Waals surface area contributed by atoms with Gasteiger partial charge in [-0.25, -0.2) is 4.39 Å². The van der Waals surface area contributed by atoms with Crippen LogP contribution in [0.4, 0.5) is 4.39 Å². The highest BCUT2D eigenvalue weighted by Crippen LogP contribution is 2.23. The normalized spacial score (nSPS) is 10.2. The number of nitrogens with zero attached hydrogens (tertiary/aromatic N) is 1. The van der Waals surface area contributed by atoms with E-state index in [0.717, 1.165) is 12.3 Å². The molecule has 0 fully saturated rings. The molecule has 0 aliphatic heterocycles. The molecular formula is C10H3BrFNO2. The van der Waals surface area contributed by atoms with Gasteiger partial charge in [-0.15, -0.1) is 0 Å². The lowest BCUT2D eigenvalue weighted by Crippen LogP contribution is -2.05. The van der Waals surface area contributed by atoms with Crippen molar-refractivity contribution in [3.8, 4) is 6.07 Å². The molecule has 1 aromatic carbocycles. The Morgan fingerprint density at radius 1 is 1.47 bits per heavy atom. The summed E-state index contributed by atoms with van der Waals surface area (Å²) >= 11 is 3.07. The Kier molecular flexibility index (Phi) is 2.29. The van der Waals surface area contributed by atoms with E-state index < -0.39 is 11.2 Å². The van der Waals surface area contributed by atoms with E-state index in [1.54, 1.807) is 6.07 Å². The van der Waals surface area contributed by atoms with Crippen LogP contribution in [0.25, 0.3) is 11.0 Å². The first-order chi connectivity index (χ1) is 7.13. The average Bonchev–Trinajstić information content (AvgIpc) is 2.19. The van der Waals surface area contributed by atoms with Crippen LogP contribution in [-0.4, -0.2) is 0 Å². The maximum absolute atomic E-state index is 13.0. The summed E-state index contributed by atoms with van der Waals surface area (Å²) in [5.41, 5.74) is -0.431. The molecule has 0 atom stereocenters. The number of benzene rings is 1. The summed E-state index contributed by atoms with van der Waals surface area (Å²) in [7, 11) is 0. The lowest BCUT2D eigenvalue weighted by atomic mass is 10.2. The van der Waals surface area contributed by atoms with Gasteiger partial charge >= 0.3 is 0 Å². The molecule has 0 aliphatic carbocycles. The summed E-state index contributed by atoms with van der Waals surface area (Å²) in [6, 6.07) is 3.92. The van der Waals surface area contributed by atoms with Gasteiger partial charge in [-0.2, -0.15) is 5.26 Å². The molecule has 0 amide bonds. The van der Waals surface area contributed by atoms with Crippen molar-refractivity contribution in [2.75, 3.05) is 0 Å². The number of fused-ring (bicyclic) bond motifs is 1. The molecule has 15 heavy (non-hydrogen) atoms. The number of halogens is 2. The molecule has 1 aromatic heterocycles. The highest BCUT2D eigenvalue weighted by Gasteiger charge is 2.10. The van der Waals surface area contributed by atoms with Crippen LogP contribution in [-0.2, 0) is 0 Å². The van der Waals surface area contributed by atoms with Crippen LogP contribution < -0.4 is 5.43 Å². The molecule has 2 aromatic rings. The number of hydrogen-bond donors (Lipinski definition) is 0. The van der Waals surface area contributed by atoms with Crippen LogP contribution in [0, 0.1) is 17.1 Å². The predicted octanol–water partition coefficient (Wildman–Crippen LogP) is 2.57. The number of nitriles is 1. The van der Waals surface area contributed by atoms with E-state index in [-0.39, 0.29) is 16.5 Å². The molecule has 0 N–H and O–H groups in total. The third-order valence-corrected chi connectivity index (χ3v) is 2.50. The molecule has 2 rings (SSSR count). The monoisotopic (exact) mass is 267 g/mol. The van der Waals surface area contributed by atoms with Crippen molar-refractivity contribution in [2.24, 2.45) is 0 Å². The summed E-state index contributed by atoms with van der Waals surface area (Å²) in [6.07, 6.45) is 1.06. The maximum atomic E-state index is 13.0. The smallest absolute Gasteiger partial charge is 0.210 e. The van der Waals surface area contributed by atoms with Crippen molar-refractivity contribution in [2.45, 2.75) is 0 Å². The van der Waals surface area contributed by atoms with E-state index in [4.69, 9.17) is 9.68 Å². The van der Waals surface area contributed by atoms with Crippen molar-refractivity contribution in [1.29, 1.82) is 5.26 Å². The van der Waals surface area contributed by atoms with Gasteiger partial charge in [0.2, 0.25) is 5.43 Å². The molecular weight excluding hydrogens is 265 g/mol. The number of rotatable bonds is 0. The first-order valence-corrected chi connectivity index (χ1v) is 4.73. The lowest BCUT2D eigenvalue weighted by Gasteiger charge is -1.99. The van der Waals surface area contributed by atoms with Gasteiger partial charge in [-0.05, 0) is 28.1 Å². The summed E-state index contributed by atoms with van der Waals surface area (Å²) in [6.45, 7) is 0. The number of hydrogen-bond acceptors (Lipinski definition) is 3. The van der Waals surface area contributed by atoms with E-state index in [0.29, 0.717) is 4.47 Å². The van der Waals surface area contributed by atoms with E-state index in [9.17, 15) is 9.18 Å². The van der Waals surface area contributed by atoms with Gasteiger partial charge < -0.3 is 4.42 Å². The van der Waals surface area contributed by atoms with Crippen LogP contribution in [0.2, 0.25) is 0 Å².